The van der Waals surface area contributed by atoms with Gasteiger partial charge in [0, 0.05) is 17.9 Å². The lowest BCUT2D eigenvalue weighted by atomic mass is 9.89. The van der Waals surface area contributed by atoms with Gasteiger partial charge in [-0.05, 0) is 74.4 Å². The zero-order valence-electron chi connectivity index (χ0n) is 14.5. The third-order valence-electron chi connectivity index (χ3n) is 4.99. The maximum absolute atomic E-state index is 9.94. The molecule has 0 radical (unpaired) electrons. The van der Waals surface area contributed by atoms with Gasteiger partial charge in [0.15, 0.2) is 0 Å². The van der Waals surface area contributed by atoms with Crippen molar-refractivity contribution in [3.8, 4) is 5.75 Å². The minimum Gasteiger partial charge on any atom is -0.508 e. The predicted molar refractivity (Wildman–Crippen MR) is 95.0 cm³/mol. The molecule has 128 valence electrons. The number of hydrogen-bond acceptors (Lipinski definition) is 4. The van der Waals surface area contributed by atoms with Crippen LogP contribution in [0.25, 0.3) is 0 Å². The first kappa shape index (κ1) is 16.9. The van der Waals surface area contributed by atoms with E-state index in [1.54, 1.807) is 18.2 Å². The average Bonchev–Trinajstić information content (AvgIpc) is 2.59. The van der Waals surface area contributed by atoms with Gasteiger partial charge in [0.25, 0.3) is 0 Å². The number of nitrogens with one attached hydrogen (secondary N) is 1. The van der Waals surface area contributed by atoms with E-state index in [1.165, 1.54) is 29.7 Å². The Kier molecular flexibility index (Phi) is 4.88. The van der Waals surface area contributed by atoms with E-state index in [4.69, 9.17) is 4.98 Å². The number of nitrogens with zero attached hydrogens (tertiary/aromatic N) is 1. The third-order valence-corrected chi connectivity index (χ3v) is 4.99. The molecule has 1 atom stereocenters. The average molecular weight is 326 g/mol. The molecular formula is C20H26N2O2. The monoisotopic (exact) mass is 326 g/mol. The summed E-state index contributed by atoms with van der Waals surface area (Å²) in [7, 11) is 0. The van der Waals surface area contributed by atoms with Gasteiger partial charge in [-0.15, -0.1) is 0 Å². The second-order valence-corrected chi connectivity index (χ2v) is 6.95. The number of phenolic OH excluding ortho intramolecular Hbond substituents is 1. The minimum atomic E-state index is -0.600. The number of benzene rings is 1. The van der Waals surface area contributed by atoms with Gasteiger partial charge in [0.05, 0.1) is 12.1 Å². The van der Waals surface area contributed by atoms with Gasteiger partial charge >= 0.3 is 0 Å². The van der Waals surface area contributed by atoms with E-state index in [2.05, 4.69) is 11.4 Å². The van der Waals surface area contributed by atoms with Crippen molar-refractivity contribution < 1.29 is 10.2 Å². The zero-order chi connectivity index (χ0) is 17.2. The van der Waals surface area contributed by atoms with Crippen LogP contribution in [0.2, 0.25) is 0 Å². The number of pyridine rings is 1. The van der Waals surface area contributed by atoms with E-state index in [9.17, 15) is 10.2 Å². The van der Waals surface area contributed by atoms with Crippen molar-refractivity contribution in [3.63, 3.8) is 0 Å². The van der Waals surface area contributed by atoms with E-state index in [0.29, 0.717) is 6.54 Å². The molecule has 4 nitrogen and oxygen atoms in total. The van der Waals surface area contributed by atoms with Crippen molar-refractivity contribution in [2.75, 3.05) is 6.61 Å². The lowest BCUT2D eigenvalue weighted by Gasteiger charge is -2.31. The highest BCUT2D eigenvalue weighted by molar-refractivity contribution is 5.36. The number of rotatable bonds is 5. The van der Waals surface area contributed by atoms with Gasteiger partial charge in [-0.1, -0.05) is 12.1 Å². The molecule has 3 rings (SSSR count). The van der Waals surface area contributed by atoms with Crippen LogP contribution < -0.4 is 5.32 Å². The lowest BCUT2D eigenvalue weighted by molar-refractivity contribution is 0.173. The van der Waals surface area contributed by atoms with Crippen LogP contribution in [-0.2, 0) is 24.9 Å². The number of aliphatic hydroxyl groups is 1. The Hall–Kier alpha value is -1.91. The van der Waals surface area contributed by atoms with E-state index < -0.39 is 5.54 Å². The van der Waals surface area contributed by atoms with Crippen molar-refractivity contribution in [1.82, 2.24) is 10.3 Å². The van der Waals surface area contributed by atoms with Crippen molar-refractivity contribution >= 4 is 0 Å². The smallest absolute Gasteiger partial charge is 0.115 e. The summed E-state index contributed by atoms with van der Waals surface area (Å²) in [5, 5.41) is 23.2. The SMILES string of the molecule is Cc1cc(CNC(C)(CO)c2cccc(O)c2)c2c(n1)CCCC2. The Labute approximate surface area is 143 Å². The summed E-state index contributed by atoms with van der Waals surface area (Å²) >= 11 is 0. The van der Waals surface area contributed by atoms with Crippen molar-refractivity contribution in [1.29, 1.82) is 0 Å². The Morgan fingerprint density at radius 3 is 2.75 bits per heavy atom. The number of phenols is 1. The van der Waals surface area contributed by atoms with Crippen LogP contribution in [0.3, 0.4) is 0 Å². The molecule has 3 N–H and O–H groups in total. The molecule has 24 heavy (non-hydrogen) atoms. The molecule has 0 saturated carbocycles. The fourth-order valence-corrected chi connectivity index (χ4v) is 3.49. The highest BCUT2D eigenvalue weighted by atomic mass is 16.3. The molecule has 1 aliphatic rings. The molecule has 0 amide bonds. The van der Waals surface area contributed by atoms with Crippen LogP contribution in [0.4, 0.5) is 0 Å². The summed E-state index contributed by atoms with van der Waals surface area (Å²) in [6.45, 7) is 4.64. The first-order valence-corrected chi connectivity index (χ1v) is 8.65. The second-order valence-electron chi connectivity index (χ2n) is 6.95. The number of fused-ring (bicyclic) bond motifs is 1. The van der Waals surface area contributed by atoms with Gasteiger partial charge in [-0.3, -0.25) is 4.98 Å². The first-order chi connectivity index (χ1) is 11.5. The predicted octanol–water partition coefficient (Wildman–Crippen LogP) is 2.97. The molecule has 1 unspecified atom stereocenters. The number of aryl methyl sites for hydroxylation is 2. The molecule has 1 heterocycles. The zero-order valence-corrected chi connectivity index (χ0v) is 14.5. The number of aromatic nitrogens is 1. The molecule has 1 aliphatic carbocycles. The summed E-state index contributed by atoms with van der Waals surface area (Å²) in [6.07, 6.45) is 4.58. The summed E-state index contributed by atoms with van der Waals surface area (Å²) < 4.78 is 0. The molecule has 0 saturated heterocycles. The first-order valence-electron chi connectivity index (χ1n) is 8.65. The van der Waals surface area contributed by atoms with Crippen LogP contribution >= 0.6 is 0 Å². The normalized spacial score (nSPS) is 16.5. The van der Waals surface area contributed by atoms with Gasteiger partial charge in [-0.25, -0.2) is 0 Å². The van der Waals surface area contributed by atoms with Crippen molar-refractivity contribution in [3.05, 3.63) is 58.4 Å². The van der Waals surface area contributed by atoms with E-state index >= 15 is 0 Å². The topological polar surface area (TPSA) is 65.4 Å². The van der Waals surface area contributed by atoms with E-state index in [1.807, 2.05) is 19.9 Å². The minimum absolute atomic E-state index is 0.0390. The summed E-state index contributed by atoms with van der Waals surface area (Å²) in [4.78, 5) is 4.70. The Bertz CT molecular complexity index is 730. The standard InChI is InChI=1S/C20H26N2O2/c1-14-10-15(18-8-3-4-9-19(18)22-14)12-21-20(2,13-23)16-6-5-7-17(24)11-16/h5-7,10-11,21,23-24H,3-4,8-9,12-13H2,1-2H3. The highest BCUT2D eigenvalue weighted by Crippen LogP contribution is 2.27. The molecule has 2 aromatic rings. The maximum atomic E-state index is 9.94. The van der Waals surface area contributed by atoms with Crippen LogP contribution in [0.5, 0.6) is 5.75 Å². The summed E-state index contributed by atoms with van der Waals surface area (Å²) in [5.41, 5.74) is 5.21. The largest absolute Gasteiger partial charge is 0.508 e. The quantitative estimate of drug-likeness (QED) is 0.790. The Morgan fingerprint density at radius 1 is 1.21 bits per heavy atom. The van der Waals surface area contributed by atoms with Crippen molar-refractivity contribution in [2.45, 2.75) is 51.6 Å². The van der Waals surface area contributed by atoms with E-state index in [0.717, 1.165) is 24.1 Å². The van der Waals surface area contributed by atoms with Crippen molar-refractivity contribution in [2.24, 2.45) is 0 Å². The van der Waals surface area contributed by atoms with Gasteiger partial charge < -0.3 is 15.5 Å². The maximum Gasteiger partial charge on any atom is 0.115 e. The third kappa shape index (κ3) is 3.45. The van der Waals surface area contributed by atoms with Gasteiger partial charge in [0.2, 0.25) is 0 Å². The lowest BCUT2D eigenvalue weighted by Crippen LogP contribution is -2.42. The molecule has 0 spiro atoms. The van der Waals surface area contributed by atoms with Gasteiger partial charge in [0.1, 0.15) is 5.75 Å². The fraction of sp³-hybridized carbons (Fsp3) is 0.450. The molecule has 0 fully saturated rings. The Balaban J connectivity index is 1.85. The van der Waals surface area contributed by atoms with Crippen LogP contribution in [0.1, 0.15) is 47.8 Å². The van der Waals surface area contributed by atoms with Gasteiger partial charge in [-0.2, -0.15) is 0 Å². The molecule has 0 aliphatic heterocycles. The summed E-state index contributed by atoms with van der Waals surface area (Å²) in [6, 6.07) is 9.23. The fourth-order valence-electron chi connectivity index (χ4n) is 3.49. The van der Waals surface area contributed by atoms with Crippen LogP contribution in [0.15, 0.2) is 30.3 Å². The number of aliphatic hydroxyl groups excluding tert-OH is 1. The number of aromatic hydroxyl groups is 1. The molecule has 0 bridgehead atoms. The summed E-state index contributed by atoms with van der Waals surface area (Å²) in [5.74, 6) is 0.214. The number of hydrogen-bond donors (Lipinski definition) is 3. The second kappa shape index (κ2) is 6.91. The van der Waals surface area contributed by atoms with E-state index in [-0.39, 0.29) is 12.4 Å². The molecular weight excluding hydrogens is 300 g/mol. The van der Waals surface area contributed by atoms with Crippen LogP contribution in [-0.4, -0.2) is 21.8 Å². The Morgan fingerprint density at radius 2 is 2.00 bits per heavy atom. The van der Waals surface area contributed by atoms with Crippen LogP contribution in [0, 0.1) is 6.92 Å². The highest BCUT2D eigenvalue weighted by Gasteiger charge is 2.26. The molecule has 1 aromatic heterocycles. The molecule has 4 heteroatoms. The molecule has 1 aromatic carbocycles.